The molecule has 2 unspecified atom stereocenters. The maximum Gasteiger partial charge on any atom is 0.116 e. The van der Waals surface area contributed by atoms with Gasteiger partial charge < -0.3 is 0 Å². The summed E-state index contributed by atoms with van der Waals surface area (Å²) in [5, 5.41) is 14.4. The first-order chi connectivity index (χ1) is 13.4. The van der Waals surface area contributed by atoms with E-state index in [9.17, 15) is 0 Å². The van der Waals surface area contributed by atoms with Crippen molar-refractivity contribution in [1.29, 1.82) is 0 Å². The van der Waals surface area contributed by atoms with Crippen molar-refractivity contribution in [2.45, 2.75) is 46.5 Å². The maximum atomic E-state index is 6.19. The zero-order valence-electron chi connectivity index (χ0n) is 17.4. The van der Waals surface area contributed by atoms with E-state index in [0.29, 0.717) is 12.5 Å². The molecule has 0 aliphatic carbocycles. The highest BCUT2D eigenvalue weighted by Crippen LogP contribution is 2.22. The molecule has 0 aromatic carbocycles. The highest BCUT2D eigenvalue weighted by Gasteiger charge is 2.18. The summed E-state index contributed by atoms with van der Waals surface area (Å²) in [5.74, 6) is 7.02. The average Bonchev–Trinajstić information content (AvgIpc) is 3.06. The number of rotatable bonds is 7. The van der Waals surface area contributed by atoms with E-state index in [4.69, 9.17) is 5.84 Å². The summed E-state index contributed by atoms with van der Waals surface area (Å²) in [7, 11) is 1.87. The fourth-order valence-corrected chi connectivity index (χ4v) is 3.17. The number of fused-ring (bicyclic) bond motifs is 1. The van der Waals surface area contributed by atoms with Crippen LogP contribution in [0.4, 0.5) is 0 Å². The molecule has 1 aliphatic heterocycles. The van der Waals surface area contributed by atoms with Gasteiger partial charge in [-0.2, -0.15) is 5.10 Å². The van der Waals surface area contributed by atoms with E-state index >= 15 is 0 Å². The Morgan fingerprint density at radius 3 is 2.82 bits per heavy atom. The van der Waals surface area contributed by atoms with Crippen LogP contribution in [0.3, 0.4) is 0 Å². The Balaban J connectivity index is 1.65. The quantitative estimate of drug-likeness (QED) is 0.586. The van der Waals surface area contributed by atoms with Gasteiger partial charge in [0.25, 0.3) is 0 Å². The Bertz CT molecular complexity index is 908. The van der Waals surface area contributed by atoms with Crippen molar-refractivity contribution in [3.63, 3.8) is 0 Å². The van der Waals surface area contributed by atoms with Gasteiger partial charge in [0, 0.05) is 36.5 Å². The lowest BCUT2D eigenvalue weighted by atomic mass is 9.96. The van der Waals surface area contributed by atoms with Crippen molar-refractivity contribution >= 4 is 23.0 Å². The smallest absolute Gasteiger partial charge is 0.116 e. The minimum Gasteiger partial charge on any atom is -0.265 e. The summed E-state index contributed by atoms with van der Waals surface area (Å²) in [6.07, 6.45) is 7.69. The molecule has 0 bridgehead atoms. The van der Waals surface area contributed by atoms with Crippen molar-refractivity contribution in [3.8, 4) is 0 Å². The van der Waals surface area contributed by atoms with Gasteiger partial charge in [0.1, 0.15) is 11.0 Å². The molecule has 0 saturated heterocycles. The van der Waals surface area contributed by atoms with Gasteiger partial charge in [-0.1, -0.05) is 32.9 Å². The van der Waals surface area contributed by atoms with Gasteiger partial charge in [-0.3, -0.25) is 9.98 Å². The van der Waals surface area contributed by atoms with Crippen LogP contribution < -0.4 is 5.84 Å². The molecule has 1 aliphatic rings. The molecule has 0 spiro atoms. The summed E-state index contributed by atoms with van der Waals surface area (Å²) in [6, 6.07) is 2.00. The third kappa shape index (κ3) is 4.44. The van der Waals surface area contributed by atoms with Crippen LogP contribution in [0, 0.1) is 11.8 Å². The molecular weight excluding hydrogens is 352 g/mol. The summed E-state index contributed by atoms with van der Waals surface area (Å²) in [6.45, 7) is 9.19. The summed E-state index contributed by atoms with van der Waals surface area (Å²) < 4.78 is 1.73. The number of nitrogens with zero attached hydrogens (tertiary/aromatic N) is 7. The topological polar surface area (TPSA) is 97.6 Å². The molecule has 2 atom stereocenters. The monoisotopic (exact) mass is 382 g/mol. The first-order valence-electron chi connectivity index (χ1n) is 9.90. The molecule has 0 fully saturated rings. The molecule has 0 saturated carbocycles. The van der Waals surface area contributed by atoms with Gasteiger partial charge in [-0.05, 0) is 30.9 Å². The van der Waals surface area contributed by atoms with Crippen molar-refractivity contribution in [1.82, 2.24) is 25.1 Å². The molecular formula is C20H30N8. The van der Waals surface area contributed by atoms with E-state index in [-0.39, 0.29) is 11.8 Å². The van der Waals surface area contributed by atoms with Crippen molar-refractivity contribution in [3.05, 3.63) is 29.7 Å². The second-order valence-corrected chi connectivity index (χ2v) is 7.71. The Hall–Kier alpha value is -2.61. The molecule has 2 N–H and O–H groups in total. The number of aryl methyl sites for hydroxylation is 1. The molecule has 2 aromatic heterocycles. The number of pyridine rings is 1. The zero-order chi connectivity index (χ0) is 20.3. The molecule has 8 nitrogen and oxygen atoms in total. The number of hydrogen-bond acceptors (Lipinski definition) is 7. The van der Waals surface area contributed by atoms with Crippen LogP contribution in [-0.4, -0.2) is 43.6 Å². The zero-order valence-corrected chi connectivity index (χ0v) is 17.4. The first-order valence-corrected chi connectivity index (χ1v) is 9.90. The van der Waals surface area contributed by atoms with Gasteiger partial charge in [-0.15, -0.1) is 5.10 Å². The predicted octanol–water partition coefficient (Wildman–Crippen LogP) is 3.04. The summed E-state index contributed by atoms with van der Waals surface area (Å²) in [4.78, 5) is 9.12. The Morgan fingerprint density at radius 2 is 2.11 bits per heavy atom. The number of hydrogen-bond donors (Lipinski definition) is 1. The number of aromatic nitrogens is 4. The third-order valence-electron chi connectivity index (χ3n) is 5.17. The average molecular weight is 383 g/mol. The second kappa shape index (κ2) is 8.60. The second-order valence-electron chi connectivity index (χ2n) is 7.71. The van der Waals surface area contributed by atoms with Crippen LogP contribution in [0.1, 0.15) is 52.1 Å². The number of nitrogens with two attached hydrogens (primary N) is 1. The van der Waals surface area contributed by atoms with Crippen LogP contribution in [0.25, 0.3) is 11.0 Å². The number of hydrazine groups is 1. The fourth-order valence-electron chi connectivity index (χ4n) is 3.17. The standard InChI is InChI=1S/C20H30N8/c1-6-15-11-22-16(13(2)3)9-18(15)25-28(21)8-7-14(4)17-10-19-20(12-23-17)27(5)26-24-19/h9-15H,6-8,21H2,1-5H3/b25-18-. The number of hydrazone groups is 1. The van der Waals surface area contributed by atoms with Crippen LogP contribution in [0.15, 0.2) is 34.1 Å². The Morgan fingerprint density at radius 1 is 1.32 bits per heavy atom. The van der Waals surface area contributed by atoms with Crippen LogP contribution in [0.2, 0.25) is 0 Å². The maximum absolute atomic E-state index is 6.19. The van der Waals surface area contributed by atoms with Crippen molar-refractivity contribution < 1.29 is 0 Å². The van der Waals surface area contributed by atoms with Gasteiger partial charge in [-0.25, -0.2) is 15.6 Å². The normalized spacial score (nSPS) is 19.5. The summed E-state index contributed by atoms with van der Waals surface area (Å²) >= 11 is 0. The SMILES string of the molecule is CCC1C=NC(C(C)C)=C/C1=N/N(N)CCC(C)c1cc2nnn(C)c2cn1. The molecule has 8 heteroatoms. The largest absolute Gasteiger partial charge is 0.265 e. The predicted molar refractivity (Wildman–Crippen MR) is 113 cm³/mol. The molecule has 28 heavy (non-hydrogen) atoms. The van der Waals surface area contributed by atoms with Gasteiger partial charge in [0.2, 0.25) is 0 Å². The van der Waals surface area contributed by atoms with Crippen molar-refractivity contribution in [2.24, 2.45) is 34.8 Å². The number of allylic oxidation sites excluding steroid dienone is 2. The van der Waals surface area contributed by atoms with E-state index in [1.54, 1.807) is 9.80 Å². The first kappa shape index (κ1) is 20.1. The van der Waals surface area contributed by atoms with Gasteiger partial charge in [0.15, 0.2) is 0 Å². The molecule has 3 rings (SSSR count). The van der Waals surface area contributed by atoms with Gasteiger partial charge >= 0.3 is 0 Å². The molecule has 0 radical (unpaired) electrons. The highest BCUT2D eigenvalue weighted by molar-refractivity contribution is 6.07. The van der Waals surface area contributed by atoms with E-state index in [1.165, 1.54) is 0 Å². The van der Waals surface area contributed by atoms with Crippen molar-refractivity contribution in [2.75, 3.05) is 6.54 Å². The van der Waals surface area contributed by atoms with Crippen LogP contribution >= 0.6 is 0 Å². The van der Waals surface area contributed by atoms with Crippen LogP contribution in [0.5, 0.6) is 0 Å². The lowest BCUT2D eigenvalue weighted by molar-refractivity contribution is 0.285. The highest BCUT2D eigenvalue weighted by atomic mass is 15.6. The molecule has 2 aromatic rings. The third-order valence-corrected chi connectivity index (χ3v) is 5.17. The lowest BCUT2D eigenvalue weighted by Crippen LogP contribution is -2.31. The Kier molecular flexibility index (Phi) is 6.18. The molecule has 3 heterocycles. The minimum absolute atomic E-state index is 0.215. The van der Waals surface area contributed by atoms with E-state index < -0.39 is 0 Å². The van der Waals surface area contributed by atoms with E-state index in [2.05, 4.69) is 59.2 Å². The van der Waals surface area contributed by atoms with E-state index in [0.717, 1.165) is 41.0 Å². The summed E-state index contributed by atoms with van der Waals surface area (Å²) in [5.41, 5.74) is 4.82. The lowest BCUT2D eigenvalue weighted by Gasteiger charge is -2.22. The Labute approximate surface area is 166 Å². The molecule has 0 amide bonds. The van der Waals surface area contributed by atoms with Crippen LogP contribution in [-0.2, 0) is 7.05 Å². The fraction of sp³-hybridized carbons (Fsp3) is 0.550. The van der Waals surface area contributed by atoms with Gasteiger partial charge in [0.05, 0.1) is 18.5 Å². The minimum atomic E-state index is 0.215. The van der Waals surface area contributed by atoms with E-state index in [1.807, 2.05) is 25.5 Å². The number of aliphatic imine (C=N–C) groups is 1. The molecule has 150 valence electrons.